The van der Waals surface area contributed by atoms with Crippen LogP contribution in [0.2, 0.25) is 10.0 Å². The number of ether oxygens (including phenoxy) is 1. The lowest BCUT2D eigenvalue weighted by molar-refractivity contribution is 0.184. The highest BCUT2D eigenvalue weighted by atomic mass is 35.5. The summed E-state index contributed by atoms with van der Waals surface area (Å²) in [6, 6.07) is 14.8. The molecule has 2 aromatic heterocycles. The molecule has 1 fully saturated rings. The van der Waals surface area contributed by atoms with Crippen molar-refractivity contribution >= 4 is 34.9 Å². The van der Waals surface area contributed by atoms with E-state index in [4.69, 9.17) is 38.0 Å². The van der Waals surface area contributed by atoms with Crippen molar-refractivity contribution in [3.05, 3.63) is 76.5 Å². The van der Waals surface area contributed by atoms with Gasteiger partial charge in [-0.15, -0.1) is 0 Å². The minimum Gasteiger partial charge on any atom is -0.495 e. The summed E-state index contributed by atoms with van der Waals surface area (Å²) < 4.78 is 7.17. The summed E-state index contributed by atoms with van der Waals surface area (Å²) in [5.41, 5.74) is 3.21. The SMILES string of the molecule is COc1ccc(-c2nc(-c3ccncc3)nn2CCN(C(=O)Nc2cccc(Cl)c2C)C2CCCC2)cc1Cl. The molecule has 0 unspecified atom stereocenters. The zero-order chi connectivity index (χ0) is 27.4. The quantitative estimate of drug-likeness (QED) is 0.246. The maximum absolute atomic E-state index is 13.6. The zero-order valence-electron chi connectivity index (χ0n) is 21.9. The molecule has 2 aromatic carbocycles. The van der Waals surface area contributed by atoms with Gasteiger partial charge in [0.25, 0.3) is 0 Å². The number of nitrogens with one attached hydrogen (secondary N) is 1. The summed E-state index contributed by atoms with van der Waals surface area (Å²) >= 11 is 12.7. The average Bonchev–Trinajstić information content (AvgIpc) is 3.63. The zero-order valence-corrected chi connectivity index (χ0v) is 23.4. The van der Waals surface area contributed by atoms with E-state index in [1.165, 1.54) is 0 Å². The second-order valence-electron chi connectivity index (χ2n) is 9.54. The minimum absolute atomic E-state index is 0.143. The predicted octanol–water partition coefficient (Wildman–Crippen LogP) is 7.11. The molecule has 0 aliphatic heterocycles. The molecular formula is C29H30Cl2N6O2. The second-order valence-corrected chi connectivity index (χ2v) is 10.4. The minimum atomic E-state index is -0.143. The summed E-state index contributed by atoms with van der Waals surface area (Å²) in [7, 11) is 1.58. The summed E-state index contributed by atoms with van der Waals surface area (Å²) in [6.45, 7) is 2.82. The molecule has 8 nitrogen and oxygen atoms in total. The van der Waals surface area contributed by atoms with Crippen molar-refractivity contribution in [3.63, 3.8) is 0 Å². The van der Waals surface area contributed by atoms with Gasteiger partial charge in [-0.25, -0.2) is 14.5 Å². The third-order valence-electron chi connectivity index (χ3n) is 7.11. The van der Waals surface area contributed by atoms with Crippen LogP contribution in [0.3, 0.4) is 0 Å². The van der Waals surface area contributed by atoms with Crippen molar-refractivity contribution in [2.45, 2.75) is 45.2 Å². The summed E-state index contributed by atoms with van der Waals surface area (Å²) in [4.78, 5) is 24.4. The van der Waals surface area contributed by atoms with Gasteiger partial charge in [0.2, 0.25) is 0 Å². The molecule has 0 spiro atoms. The number of urea groups is 1. The van der Waals surface area contributed by atoms with E-state index in [0.717, 1.165) is 42.4 Å². The first-order valence-electron chi connectivity index (χ1n) is 13.0. The highest BCUT2D eigenvalue weighted by molar-refractivity contribution is 6.32. The lowest BCUT2D eigenvalue weighted by atomic mass is 10.2. The Morgan fingerprint density at radius 2 is 1.85 bits per heavy atom. The molecule has 202 valence electrons. The summed E-state index contributed by atoms with van der Waals surface area (Å²) in [6.07, 6.45) is 7.59. The van der Waals surface area contributed by atoms with Crippen LogP contribution in [0.15, 0.2) is 60.9 Å². The standard InChI is InChI=1S/C29H30Cl2N6O2/c1-19-23(30)8-5-9-25(19)33-29(38)36(22-6-3-4-7-22)16-17-37-28(21-10-11-26(39-2)24(31)18-21)34-27(35-37)20-12-14-32-15-13-20/h5,8-15,18,22H,3-4,6-7,16-17H2,1-2H3,(H,33,38). The van der Waals surface area contributed by atoms with Crippen LogP contribution in [-0.4, -0.2) is 50.4 Å². The number of halogens is 2. The number of benzene rings is 2. The summed E-state index contributed by atoms with van der Waals surface area (Å²) in [5, 5.41) is 9.01. The molecule has 39 heavy (non-hydrogen) atoms. The number of rotatable bonds is 8. The molecule has 1 aliphatic carbocycles. The Kier molecular flexibility index (Phi) is 8.33. The van der Waals surface area contributed by atoms with Crippen molar-refractivity contribution in [2.75, 3.05) is 19.0 Å². The van der Waals surface area contributed by atoms with Gasteiger partial charge in [-0.1, -0.05) is 42.1 Å². The van der Waals surface area contributed by atoms with Gasteiger partial charge in [-0.3, -0.25) is 4.98 Å². The largest absolute Gasteiger partial charge is 0.495 e. The van der Waals surface area contributed by atoms with Crippen LogP contribution in [0.1, 0.15) is 31.2 Å². The highest BCUT2D eigenvalue weighted by Crippen LogP contribution is 2.31. The van der Waals surface area contributed by atoms with E-state index >= 15 is 0 Å². The van der Waals surface area contributed by atoms with Gasteiger partial charge in [0.1, 0.15) is 5.75 Å². The van der Waals surface area contributed by atoms with Crippen LogP contribution in [0.4, 0.5) is 10.5 Å². The fraction of sp³-hybridized carbons (Fsp3) is 0.310. The van der Waals surface area contributed by atoms with Gasteiger partial charge >= 0.3 is 6.03 Å². The van der Waals surface area contributed by atoms with E-state index in [1.54, 1.807) is 19.5 Å². The molecule has 5 rings (SSSR count). The first-order chi connectivity index (χ1) is 18.9. The second kappa shape index (κ2) is 12.1. The molecule has 2 amide bonds. The van der Waals surface area contributed by atoms with E-state index in [1.807, 2.05) is 65.0 Å². The average molecular weight is 566 g/mol. The van der Waals surface area contributed by atoms with Gasteiger partial charge < -0.3 is 15.0 Å². The van der Waals surface area contributed by atoms with Crippen molar-refractivity contribution in [2.24, 2.45) is 0 Å². The highest BCUT2D eigenvalue weighted by Gasteiger charge is 2.28. The van der Waals surface area contributed by atoms with Crippen LogP contribution < -0.4 is 10.1 Å². The Balaban J connectivity index is 1.45. The Morgan fingerprint density at radius 1 is 1.08 bits per heavy atom. The molecule has 1 saturated carbocycles. The lowest BCUT2D eigenvalue weighted by Crippen LogP contribution is -2.43. The molecule has 1 aliphatic rings. The Morgan fingerprint density at radius 3 is 2.56 bits per heavy atom. The van der Waals surface area contributed by atoms with Gasteiger partial charge in [0, 0.05) is 46.8 Å². The third kappa shape index (κ3) is 6.02. The molecule has 0 radical (unpaired) electrons. The number of aromatic nitrogens is 4. The van der Waals surface area contributed by atoms with E-state index in [9.17, 15) is 4.79 Å². The number of anilines is 1. The van der Waals surface area contributed by atoms with Crippen LogP contribution in [0, 0.1) is 6.92 Å². The Hall–Kier alpha value is -3.62. The maximum atomic E-state index is 13.6. The van der Waals surface area contributed by atoms with Crippen LogP contribution in [-0.2, 0) is 6.54 Å². The van der Waals surface area contributed by atoms with Gasteiger partial charge in [-0.2, -0.15) is 5.10 Å². The number of carbonyl (C=O) groups excluding carboxylic acids is 1. The number of methoxy groups -OCH3 is 1. The van der Waals surface area contributed by atoms with Crippen LogP contribution in [0.25, 0.3) is 22.8 Å². The van der Waals surface area contributed by atoms with Crippen molar-refractivity contribution in [1.82, 2.24) is 24.6 Å². The lowest BCUT2D eigenvalue weighted by Gasteiger charge is -2.29. The van der Waals surface area contributed by atoms with Crippen molar-refractivity contribution in [1.29, 1.82) is 0 Å². The van der Waals surface area contributed by atoms with Gasteiger partial charge in [0.15, 0.2) is 11.6 Å². The predicted molar refractivity (Wildman–Crippen MR) is 154 cm³/mol. The van der Waals surface area contributed by atoms with E-state index in [0.29, 0.717) is 46.2 Å². The van der Waals surface area contributed by atoms with Gasteiger partial charge in [0.05, 0.1) is 18.7 Å². The Bertz CT molecular complexity index is 1450. The molecular weight excluding hydrogens is 535 g/mol. The molecule has 4 aromatic rings. The topological polar surface area (TPSA) is 85.2 Å². The smallest absolute Gasteiger partial charge is 0.322 e. The maximum Gasteiger partial charge on any atom is 0.322 e. The normalized spacial score (nSPS) is 13.4. The fourth-order valence-corrected chi connectivity index (χ4v) is 5.37. The number of pyridine rings is 1. The number of nitrogens with zero attached hydrogens (tertiary/aromatic N) is 5. The first kappa shape index (κ1) is 27.0. The Labute approximate surface area is 237 Å². The molecule has 10 heteroatoms. The van der Waals surface area contributed by atoms with Crippen LogP contribution in [0.5, 0.6) is 5.75 Å². The third-order valence-corrected chi connectivity index (χ3v) is 7.81. The first-order valence-corrected chi connectivity index (χ1v) is 13.7. The molecule has 2 heterocycles. The molecule has 0 saturated heterocycles. The van der Waals surface area contributed by atoms with Crippen LogP contribution >= 0.6 is 23.2 Å². The van der Waals surface area contributed by atoms with E-state index in [2.05, 4.69) is 10.3 Å². The number of hydrogen-bond acceptors (Lipinski definition) is 5. The van der Waals surface area contributed by atoms with Crippen molar-refractivity contribution < 1.29 is 9.53 Å². The molecule has 0 bridgehead atoms. The van der Waals surface area contributed by atoms with E-state index < -0.39 is 0 Å². The number of hydrogen-bond donors (Lipinski definition) is 1. The summed E-state index contributed by atoms with van der Waals surface area (Å²) in [5.74, 6) is 1.82. The van der Waals surface area contributed by atoms with Crippen molar-refractivity contribution in [3.8, 4) is 28.5 Å². The fourth-order valence-electron chi connectivity index (χ4n) is 4.94. The number of amides is 2. The molecule has 1 N–H and O–H groups in total. The van der Waals surface area contributed by atoms with E-state index in [-0.39, 0.29) is 12.1 Å². The molecule has 0 atom stereocenters. The number of carbonyl (C=O) groups is 1. The van der Waals surface area contributed by atoms with Gasteiger partial charge in [-0.05, 0) is 67.8 Å². The monoisotopic (exact) mass is 564 g/mol.